The fourth-order valence-electron chi connectivity index (χ4n) is 5.15. The summed E-state index contributed by atoms with van der Waals surface area (Å²) in [6.07, 6.45) is 5.76. The van der Waals surface area contributed by atoms with Gasteiger partial charge in [-0.25, -0.2) is 28.0 Å². The Balaban J connectivity index is 1.57. The third-order valence-electron chi connectivity index (χ3n) is 6.46. The molecule has 3 atom stereocenters. The lowest BCUT2D eigenvalue weighted by Crippen LogP contribution is -2.60. The molecule has 32 heavy (non-hydrogen) atoms. The van der Waals surface area contributed by atoms with Gasteiger partial charge in [-0.2, -0.15) is 0 Å². The van der Waals surface area contributed by atoms with E-state index >= 15 is 0 Å². The molecule has 3 amide bonds. The predicted molar refractivity (Wildman–Crippen MR) is 117 cm³/mol. The van der Waals surface area contributed by atoms with Gasteiger partial charge in [0.2, 0.25) is 15.0 Å². The van der Waals surface area contributed by atoms with Crippen LogP contribution in [0, 0.1) is 5.92 Å². The number of piperidine rings is 1. The van der Waals surface area contributed by atoms with E-state index in [2.05, 4.69) is 9.97 Å². The normalized spacial score (nSPS) is 26.1. The molecule has 176 valence electrons. The van der Waals surface area contributed by atoms with E-state index < -0.39 is 15.4 Å². The highest BCUT2D eigenvalue weighted by molar-refractivity contribution is 7.90. The number of likely N-dealkylation sites (tertiary alicyclic amines) is 1. The Morgan fingerprint density at radius 3 is 2.56 bits per heavy atom. The standard InChI is InChI=1S/C21H31N5O5S/c1-21(2,3)31-20(28)25-10-9-16(14-7-6-8-15(14)25)26-12-13-11-22-18(32(5,29)30)23-17(13)24(4)19(26)27/h11,14-16H,6-10,12H2,1-5H3/t14-,15?,16?/m1/s1. The van der Waals surface area contributed by atoms with Crippen LogP contribution in [0.3, 0.4) is 0 Å². The molecule has 1 aromatic heterocycles. The molecule has 2 fully saturated rings. The summed E-state index contributed by atoms with van der Waals surface area (Å²) in [6.45, 7) is 6.44. The van der Waals surface area contributed by atoms with Gasteiger partial charge in [0.25, 0.3) is 0 Å². The summed E-state index contributed by atoms with van der Waals surface area (Å²) in [5.41, 5.74) is 0.158. The monoisotopic (exact) mass is 465 g/mol. The number of rotatable bonds is 2. The van der Waals surface area contributed by atoms with Gasteiger partial charge >= 0.3 is 12.1 Å². The SMILES string of the molecule is CN1C(=O)N(C2CCN(C(=O)OC(C)(C)C)C3CCC[C@H]32)Cc2cnc(S(C)(=O)=O)nc21. The van der Waals surface area contributed by atoms with E-state index in [0.717, 1.165) is 25.5 Å². The number of nitrogens with zero attached hydrogens (tertiary/aromatic N) is 5. The number of fused-ring (bicyclic) bond motifs is 2. The van der Waals surface area contributed by atoms with Gasteiger partial charge in [-0.05, 0) is 40.0 Å². The van der Waals surface area contributed by atoms with Crippen molar-refractivity contribution in [2.24, 2.45) is 5.92 Å². The first-order valence-electron chi connectivity index (χ1n) is 11.0. The quantitative estimate of drug-likeness (QED) is 0.617. The molecule has 0 N–H and O–H groups in total. The van der Waals surface area contributed by atoms with Crippen LogP contribution in [0.4, 0.5) is 15.4 Å². The van der Waals surface area contributed by atoms with Crippen molar-refractivity contribution in [2.75, 3.05) is 24.7 Å². The van der Waals surface area contributed by atoms with Crippen molar-refractivity contribution in [1.29, 1.82) is 0 Å². The van der Waals surface area contributed by atoms with Crippen molar-refractivity contribution in [1.82, 2.24) is 19.8 Å². The second kappa shape index (κ2) is 7.86. The van der Waals surface area contributed by atoms with Gasteiger partial charge in [-0.3, -0.25) is 4.90 Å². The number of carbonyl (C=O) groups is 2. The van der Waals surface area contributed by atoms with Crippen LogP contribution in [0.5, 0.6) is 0 Å². The van der Waals surface area contributed by atoms with Gasteiger partial charge in [-0.15, -0.1) is 0 Å². The van der Waals surface area contributed by atoms with Crippen LogP contribution < -0.4 is 4.90 Å². The molecule has 3 aliphatic rings. The van der Waals surface area contributed by atoms with Crippen molar-refractivity contribution in [3.63, 3.8) is 0 Å². The molecule has 0 bridgehead atoms. The average Bonchev–Trinajstić information content (AvgIpc) is 3.17. The van der Waals surface area contributed by atoms with Gasteiger partial charge < -0.3 is 14.5 Å². The van der Waals surface area contributed by atoms with Gasteiger partial charge in [0.1, 0.15) is 11.4 Å². The average molecular weight is 466 g/mol. The number of urea groups is 1. The Morgan fingerprint density at radius 1 is 1.19 bits per heavy atom. The van der Waals surface area contributed by atoms with Gasteiger partial charge in [0.15, 0.2) is 0 Å². The zero-order valence-electron chi connectivity index (χ0n) is 19.2. The van der Waals surface area contributed by atoms with Crippen LogP contribution in [0.2, 0.25) is 0 Å². The number of aromatic nitrogens is 2. The van der Waals surface area contributed by atoms with E-state index in [-0.39, 0.29) is 35.3 Å². The summed E-state index contributed by atoms with van der Waals surface area (Å²) in [7, 11) is -1.97. The third-order valence-corrected chi connectivity index (χ3v) is 7.32. The number of ether oxygens (including phenoxy) is 1. The molecule has 1 saturated heterocycles. The second-order valence-corrected chi connectivity index (χ2v) is 11.8. The summed E-state index contributed by atoms with van der Waals surface area (Å²) >= 11 is 0. The lowest BCUT2D eigenvalue weighted by Gasteiger charge is -2.48. The number of amides is 3. The third kappa shape index (κ3) is 4.14. The van der Waals surface area contributed by atoms with Crippen molar-refractivity contribution >= 4 is 27.8 Å². The van der Waals surface area contributed by atoms with Gasteiger partial charge in [0.05, 0.1) is 6.54 Å². The second-order valence-electron chi connectivity index (χ2n) is 9.93. The van der Waals surface area contributed by atoms with Crippen LogP contribution in [0.25, 0.3) is 0 Å². The Bertz CT molecular complexity index is 1040. The van der Waals surface area contributed by atoms with Crippen LogP contribution in [-0.4, -0.2) is 77.8 Å². The van der Waals surface area contributed by atoms with Crippen LogP contribution >= 0.6 is 0 Å². The molecular formula is C21H31N5O5S. The number of sulfone groups is 1. The minimum absolute atomic E-state index is 0.0149. The molecule has 1 aromatic rings. The summed E-state index contributed by atoms with van der Waals surface area (Å²) in [5.74, 6) is 0.502. The first kappa shape index (κ1) is 22.8. The summed E-state index contributed by atoms with van der Waals surface area (Å²) < 4.78 is 29.3. The van der Waals surface area contributed by atoms with E-state index in [4.69, 9.17) is 4.74 Å². The zero-order chi connectivity index (χ0) is 23.4. The molecule has 11 heteroatoms. The van der Waals surface area contributed by atoms with Gasteiger partial charge in [0, 0.05) is 49.6 Å². The molecule has 3 heterocycles. The topological polar surface area (TPSA) is 113 Å². The van der Waals surface area contributed by atoms with E-state index in [1.54, 1.807) is 7.05 Å². The Kier molecular flexibility index (Phi) is 5.59. The van der Waals surface area contributed by atoms with E-state index in [9.17, 15) is 18.0 Å². The predicted octanol–water partition coefficient (Wildman–Crippen LogP) is 2.43. The lowest BCUT2D eigenvalue weighted by atomic mass is 9.85. The number of hydrogen-bond acceptors (Lipinski definition) is 7. The fourth-order valence-corrected chi connectivity index (χ4v) is 5.64. The molecule has 0 spiro atoms. The first-order chi connectivity index (χ1) is 14.9. The fraction of sp³-hybridized carbons (Fsp3) is 0.714. The largest absolute Gasteiger partial charge is 0.444 e. The molecule has 0 radical (unpaired) electrons. The highest BCUT2D eigenvalue weighted by Gasteiger charge is 2.48. The molecule has 1 aliphatic carbocycles. The Morgan fingerprint density at radius 2 is 1.91 bits per heavy atom. The Hall–Kier alpha value is -2.43. The summed E-state index contributed by atoms with van der Waals surface area (Å²) in [4.78, 5) is 39.3. The lowest BCUT2D eigenvalue weighted by molar-refractivity contribution is -0.0105. The minimum Gasteiger partial charge on any atom is -0.444 e. The molecule has 0 aromatic carbocycles. The smallest absolute Gasteiger partial charge is 0.410 e. The van der Waals surface area contributed by atoms with Crippen LogP contribution in [-0.2, 0) is 21.1 Å². The van der Waals surface area contributed by atoms with Crippen molar-refractivity contribution in [3.05, 3.63) is 11.8 Å². The highest BCUT2D eigenvalue weighted by Crippen LogP contribution is 2.42. The van der Waals surface area contributed by atoms with E-state index in [1.165, 1.54) is 11.1 Å². The number of anilines is 1. The molecule has 4 rings (SSSR count). The molecule has 10 nitrogen and oxygen atoms in total. The van der Waals surface area contributed by atoms with E-state index in [0.29, 0.717) is 30.9 Å². The molecule has 2 aliphatic heterocycles. The summed E-state index contributed by atoms with van der Waals surface area (Å²) in [5, 5.41) is -0.286. The number of hydrogen-bond donors (Lipinski definition) is 0. The van der Waals surface area contributed by atoms with Crippen LogP contribution in [0.15, 0.2) is 11.4 Å². The molecule has 1 saturated carbocycles. The highest BCUT2D eigenvalue weighted by atomic mass is 32.2. The van der Waals surface area contributed by atoms with Crippen LogP contribution in [0.1, 0.15) is 52.0 Å². The summed E-state index contributed by atoms with van der Waals surface area (Å²) in [6, 6.07) is -0.178. The van der Waals surface area contributed by atoms with E-state index in [1.807, 2.05) is 30.6 Å². The number of carbonyl (C=O) groups excluding carboxylic acids is 2. The minimum atomic E-state index is -3.57. The zero-order valence-corrected chi connectivity index (χ0v) is 20.1. The maximum atomic E-state index is 13.3. The van der Waals surface area contributed by atoms with Crippen molar-refractivity contribution < 1.29 is 22.7 Å². The van der Waals surface area contributed by atoms with Gasteiger partial charge in [-0.1, -0.05) is 6.42 Å². The molecular weight excluding hydrogens is 434 g/mol. The van der Waals surface area contributed by atoms with Crippen molar-refractivity contribution in [2.45, 2.75) is 75.8 Å². The van der Waals surface area contributed by atoms with Crippen molar-refractivity contribution in [3.8, 4) is 0 Å². The molecule has 2 unspecified atom stereocenters. The maximum Gasteiger partial charge on any atom is 0.410 e. The Labute approximate surface area is 188 Å². The first-order valence-corrected chi connectivity index (χ1v) is 12.9. The maximum absolute atomic E-state index is 13.3.